The Labute approximate surface area is 240 Å². The molecule has 0 radical (unpaired) electrons. The van der Waals surface area contributed by atoms with Gasteiger partial charge in [0.15, 0.2) is 0 Å². The molecule has 9 heteroatoms. The predicted octanol–water partition coefficient (Wildman–Crippen LogP) is 4.01. The van der Waals surface area contributed by atoms with Gasteiger partial charge in [0.25, 0.3) is 5.91 Å². The van der Waals surface area contributed by atoms with Crippen molar-refractivity contribution in [2.24, 2.45) is 0 Å². The molecule has 212 valence electrons. The van der Waals surface area contributed by atoms with Gasteiger partial charge in [-0.1, -0.05) is 36.4 Å². The van der Waals surface area contributed by atoms with Crippen LogP contribution in [-0.4, -0.2) is 81.5 Å². The molecule has 0 aliphatic carbocycles. The van der Waals surface area contributed by atoms with Crippen LogP contribution in [0.1, 0.15) is 27.9 Å². The Kier molecular flexibility index (Phi) is 8.47. The van der Waals surface area contributed by atoms with Crippen LogP contribution in [0.5, 0.6) is 0 Å². The van der Waals surface area contributed by atoms with Crippen LogP contribution in [0.15, 0.2) is 72.8 Å². The number of benzene rings is 3. The van der Waals surface area contributed by atoms with Gasteiger partial charge in [-0.25, -0.2) is 4.79 Å². The van der Waals surface area contributed by atoms with E-state index in [4.69, 9.17) is 4.74 Å². The smallest absolute Gasteiger partial charge is 0.337 e. The lowest BCUT2D eigenvalue weighted by molar-refractivity contribution is -0.119. The third-order valence-electron chi connectivity index (χ3n) is 7.57. The molecule has 2 aliphatic rings. The number of likely N-dealkylation sites (N-methyl/N-ethyl adjacent to an activating group) is 2. The highest BCUT2D eigenvalue weighted by atomic mass is 16.5. The number of carbonyl (C=O) groups is 3. The highest BCUT2D eigenvalue weighted by Gasteiger charge is 2.29. The van der Waals surface area contributed by atoms with E-state index in [2.05, 4.69) is 27.5 Å². The van der Waals surface area contributed by atoms with Gasteiger partial charge < -0.3 is 25.2 Å². The summed E-state index contributed by atoms with van der Waals surface area (Å²) in [4.78, 5) is 44.5. The molecule has 9 nitrogen and oxygen atoms in total. The number of anilines is 3. The number of amides is 2. The predicted molar refractivity (Wildman–Crippen MR) is 162 cm³/mol. The Morgan fingerprint density at radius 1 is 0.951 bits per heavy atom. The number of nitrogens with one attached hydrogen (secondary N) is 2. The first-order valence-electron chi connectivity index (χ1n) is 13.7. The summed E-state index contributed by atoms with van der Waals surface area (Å²) in [7, 11) is 5.24. The number of methoxy groups -OCH3 is 1. The van der Waals surface area contributed by atoms with E-state index in [0.29, 0.717) is 34.6 Å². The third kappa shape index (κ3) is 6.32. The van der Waals surface area contributed by atoms with Crippen molar-refractivity contribution in [3.8, 4) is 0 Å². The highest BCUT2D eigenvalue weighted by Crippen LogP contribution is 2.38. The summed E-state index contributed by atoms with van der Waals surface area (Å²) in [5.41, 5.74) is 5.11. The zero-order valence-electron chi connectivity index (χ0n) is 23.6. The molecular weight excluding hydrogens is 518 g/mol. The summed E-state index contributed by atoms with van der Waals surface area (Å²) in [5.74, 6) is -0.689. The molecule has 2 N–H and O–H groups in total. The van der Waals surface area contributed by atoms with Crippen molar-refractivity contribution < 1.29 is 19.1 Å². The van der Waals surface area contributed by atoms with Crippen LogP contribution in [-0.2, 0) is 14.3 Å². The summed E-state index contributed by atoms with van der Waals surface area (Å²) in [6.45, 7) is 4.21. The Morgan fingerprint density at radius 3 is 2.44 bits per heavy atom. The number of rotatable bonds is 7. The molecule has 0 bridgehead atoms. The van der Waals surface area contributed by atoms with Gasteiger partial charge in [-0.15, -0.1) is 0 Å². The fraction of sp³-hybridized carbons (Fsp3) is 0.281. The van der Waals surface area contributed by atoms with E-state index in [9.17, 15) is 14.4 Å². The first kappa shape index (κ1) is 28.1. The van der Waals surface area contributed by atoms with E-state index >= 15 is 0 Å². The molecule has 1 fully saturated rings. The van der Waals surface area contributed by atoms with Crippen LogP contribution >= 0.6 is 0 Å². The van der Waals surface area contributed by atoms with E-state index < -0.39 is 5.97 Å². The van der Waals surface area contributed by atoms with Crippen molar-refractivity contribution >= 4 is 46.1 Å². The quantitative estimate of drug-likeness (QED) is 0.337. The van der Waals surface area contributed by atoms with E-state index in [-0.39, 0.29) is 11.8 Å². The third-order valence-corrected chi connectivity index (χ3v) is 7.57. The zero-order valence-corrected chi connectivity index (χ0v) is 23.6. The van der Waals surface area contributed by atoms with Gasteiger partial charge in [0.05, 0.1) is 36.2 Å². The lowest BCUT2D eigenvalue weighted by Gasteiger charge is -2.24. The molecule has 3 aromatic carbocycles. The number of fused-ring (bicyclic) bond motifs is 1. The fourth-order valence-corrected chi connectivity index (χ4v) is 5.16. The number of hydrogen-bond acceptors (Lipinski definition) is 7. The minimum atomic E-state index is -0.469. The summed E-state index contributed by atoms with van der Waals surface area (Å²) < 4.78 is 4.83. The van der Waals surface area contributed by atoms with Gasteiger partial charge in [0.2, 0.25) is 5.91 Å². The van der Waals surface area contributed by atoms with Gasteiger partial charge >= 0.3 is 5.97 Å². The summed E-state index contributed by atoms with van der Waals surface area (Å²) in [5, 5.41) is 6.32. The Balaban J connectivity index is 1.39. The zero-order chi connectivity index (χ0) is 28.9. The summed E-state index contributed by atoms with van der Waals surface area (Å²) in [6.07, 6.45) is 1.06. The van der Waals surface area contributed by atoms with Crippen LogP contribution in [0.25, 0.3) is 11.3 Å². The Bertz CT molecular complexity index is 1470. The van der Waals surface area contributed by atoms with Gasteiger partial charge in [0.1, 0.15) is 0 Å². The normalized spacial score (nSPS) is 16.8. The van der Waals surface area contributed by atoms with Crippen LogP contribution in [0.4, 0.5) is 17.1 Å². The minimum Gasteiger partial charge on any atom is -0.465 e. The van der Waals surface area contributed by atoms with E-state index in [1.165, 1.54) is 7.11 Å². The molecule has 3 aromatic rings. The van der Waals surface area contributed by atoms with Gasteiger partial charge in [-0.2, -0.15) is 0 Å². The first-order chi connectivity index (χ1) is 19.8. The van der Waals surface area contributed by atoms with Crippen molar-refractivity contribution in [1.82, 2.24) is 9.80 Å². The van der Waals surface area contributed by atoms with Gasteiger partial charge in [-0.05, 0) is 68.5 Å². The monoisotopic (exact) mass is 553 g/mol. The molecule has 0 unspecified atom stereocenters. The lowest BCUT2D eigenvalue weighted by Crippen LogP contribution is -2.40. The summed E-state index contributed by atoms with van der Waals surface area (Å²) in [6, 6.07) is 22.2. The number of hydrogen-bond donors (Lipinski definition) is 2. The standard InChI is InChI=1S/C32H35N5O4/c1-35-16-7-17-37(19-18-35)21-28(38)36(2)25-13-11-24(12-14-25)33-30(22-8-5-4-6-9-22)29-26-15-10-23(32(40)41-3)20-27(26)34-31(29)39/h4-6,8-15,20,33H,7,16-19,21H2,1-3H3,(H,34,39)/b30-29-. The van der Waals surface area contributed by atoms with Crippen LogP contribution in [0.2, 0.25) is 0 Å². The van der Waals surface area contributed by atoms with Crippen molar-refractivity contribution in [3.63, 3.8) is 0 Å². The molecule has 1 saturated heterocycles. The van der Waals surface area contributed by atoms with Crippen molar-refractivity contribution in [2.45, 2.75) is 6.42 Å². The molecule has 2 aliphatic heterocycles. The molecule has 0 saturated carbocycles. The Morgan fingerprint density at radius 2 is 1.71 bits per heavy atom. The topological polar surface area (TPSA) is 94.2 Å². The first-order valence-corrected chi connectivity index (χ1v) is 13.7. The SMILES string of the molecule is COC(=O)c1ccc2c(c1)NC(=O)/C2=C(\Nc1ccc(N(C)C(=O)CN2CCCN(C)CC2)cc1)c1ccccc1. The highest BCUT2D eigenvalue weighted by molar-refractivity contribution is 6.37. The largest absolute Gasteiger partial charge is 0.465 e. The molecular formula is C32H35N5O4. The van der Waals surface area contributed by atoms with E-state index in [0.717, 1.165) is 49.5 Å². The van der Waals surface area contributed by atoms with Gasteiger partial charge in [-0.3, -0.25) is 14.5 Å². The number of carbonyl (C=O) groups excluding carboxylic acids is 3. The van der Waals surface area contributed by atoms with Crippen molar-refractivity contribution in [1.29, 1.82) is 0 Å². The maximum atomic E-state index is 13.2. The molecule has 5 rings (SSSR count). The van der Waals surface area contributed by atoms with E-state index in [1.54, 1.807) is 30.1 Å². The molecule has 2 heterocycles. The second kappa shape index (κ2) is 12.4. The number of esters is 1. The van der Waals surface area contributed by atoms with Crippen molar-refractivity contribution in [2.75, 3.05) is 69.5 Å². The molecule has 2 amide bonds. The summed E-state index contributed by atoms with van der Waals surface area (Å²) >= 11 is 0. The molecule has 41 heavy (non-hydrogen) atoms. The number of ether oxygens (including phenoxy) is 1. The van der Waals surface area contributed by atoms with Crippen LogP contribution < -0.4 is 15.5 Å². The van der Waals surface area contributed by atoms with Gasteiger partial charge in [0, 0.05) is 37.1 Å². The Hall–Kier alpha value is -4.47. The van der Waals surface area contributed by atoms with Crippen LogP contribution in [0.3, 0.4) is 0 Å². The molecule has 0 aromatic heterocycles. The van der Waals surface area contributed by atoms with Crippen LogP contribution in [0, 0.1) is 0 Å². The maximum absolute atomic E-state index is 13.2. The number of nitrogens with zero attached hydrogens (tertiary/aromatic N) is 3. The lowest BCUT2D eigenvalue weighted by atomic mass is 9.99. The average molecular weight is 554 g/mol. The van der Waals surface area contributed by atoms with E-state index in [1.807, 2.05) is 54.6 Å². The van der Waals surface area contributed by atoms with Crippen molar-refractivity contribution in [3.05, 3.63) is 89.5 Å². The maximum Gasteiger partial charge on any atom is 0.337 e. The second-order valence-electron chi connectivity index (χ2n) is 10.4. The molecule has 0 atom stereocenters. The molecule has 0 spiro atoms. The second-order valence-corrected chi connectivity index (χ2v) is 10.4. The fourth-order valence-electron chi connectivity index (χ4n) is 5.16. The average Bonchev–Trinajstić information content (AvgIpc) is 3.18. The minimum absolute atomic E-state index is 0.0490.